The molecule has 2 aliphatic rings. The molecule has 0 saturated heterocycles. The Bertz CT molecular complexity index is 762. The van der Waals surface area contributed by atoms with Gasteiger partial charge >= 0.3 is 0 Å². The summed E-state index contributed by atoms with van der Waals surface area (Å²) in [6.07, 6.45) is 0.657. The lowest BCUT2D eigenvalue weighted by Crippen LogP contribution is -2.32. The van der Waals surface area contributed by atoms with E-state index in [1.165, 1.54) is 0 Å². The summed E-state index contributed by atoms with van der Waals surface area (Å²) in [6.45, 7) is 0.566. The highest BCUT2D eigenvalue weighted by Gasteiger charge is 2.67. The van der Waals surface area contributed by atoms with Gasteiger partial charge in [-0.15, -0.1) is 0 Å². The molecule has 1 unspecified atom stereocenters. The van der Waals surface area contributed by atoms with Crippen LogP contribution in [0.15, 0.2) is 54.6 Å². The van der Waals surface area contributed by atoms with Gasteiger partial charge in [-0.1, -0.05) is 48.5 Å². The van der Waals surface area contributed by atoms with Crippen molar-refractivity contribution < 1.29 is 4.79 Å². The maximum absolute atomic E-state index is 12.9. The molecule has 102 valence electrons. The monoisotopic (exact) mass is 274 g/mol. The third-order valence-electron chi connectivity index (χ3n) is 4.60. The standard InChI is InChI=1S/C18H14N2O/c19-11-14-10-18(14)15-8-4-5-9-16(15)20(17(18)21)12-13-6-2-1-3-7-13/h1-9,14H,10,12H2/t14?,18-/m0/s1. The van der Waals surface area contributed by atoms with E-state index in [9.17, 15) is 10.1 Å². The van der Waals surface area contributed by atoms with Crippen molar-refractivity contribution in [3.8, 4) is 6.07 Å². The number of nitrogens with zero attached hydrogens (tertiary/aromatic N) is 2. The van der Waals surface area contributed by atoms with Crippen LogP contribution in [0.3, 0.4) is 0 Å². The molecule has 1 spiro atoms. The SMILES string of the molecule is N#CC1C[C@]12C(=O)N(Cc1ccccc1)c1ccccc12. The van der Waals surface area contributed by atoms with Crippen molar-refractivity contribution in [2.45, 2.75) is 18.4 Å². The third kappa shape index (κ3) is 1.56. The zero-order valence-electron chi connectivity index (χ0n) is 11.5. The van der Waals surface area contributed by atoms with Gasteiger partial charge < -0.3 is 4.90 Å². The maximum Gasteiger partial charge on any atom is 0.239 e. The van der Waals surface area contributed by atoms with Crippen molar-refractivity contribution in [3.05, 3.63) is 65.7 Å². The molecule has 1 heterocycles. The molecular formula is C18H14N2O. The number of para-hydroxylation sites is 1. The first-order valence-corrected chi connectivity index (χ1v) is 7.12. The van der Waals surface area contributed by atoms with Crippen molar-refractivity contribution in [2.24, 2.45) is 5.92 Å². The van der Waals surface area contributed by atoms with E-state index in [0.29, 0.717) is 13.0 Å². The molecule has 1 amide bonds. The predicted octanol–water partition coefficient (Wildman–Crippen LogP) is 3.01. The number of nitriles is 1. The van der Waals surface area contributed by atoms with E-state index in [1.807, 2.05) is 59.5 Å². The molecule has 2 aromatic rings. The van der Waals surface area contributed by atoms with Crippen LogP contribution in [0.5, 0.6) is 0 Å². The molecule has 21 heavy (non-hydrogen) atoms. The third-order valence-corrected chi connectivity index (χ3v) is 4.60. The summed E-state index contributed by atoms with van der Waals surface area (Å²) in [4.78, 5) is 14.7. The first-order valence-electron chi connectivity index (χ1n) is 7.12. The second kappa shape index (κ2) is 4.20. The van der Waals surface area contributed by atoms with Gasteiger partial charge in [-0.05, 0) is 23.6 Å². The summed E-state index contributed by atoms with van der Waals surface area (Å²) in [5, 5.41) is 9.23. The van der Waals surface area contributed by atoms with Crippen LogP contribution in [-0.4, -0.2) is 5.91 Å². The Hall–Kier alpha value is -2.60. The largest absolute Gasteiger partial charge is 0.307 e. The fourth-order valence-electron chi connectivity index (χ4n) is 3.43. The predicted molar refractivity (Wildman–Crippen MR) is 79.5 cm³/mol. The molecule has 1 fully saturated rings. The van der Waals surface area contributed by atoms with Crippen LogP contribution in [0.2, 0.25) is 0 Å². The molecule has 0 radical (unpaired) electrons. The van der Waals surface area contributed by atoms with Gasteiger partial charge in [0.05, 0.1) is 23.9 Å². The highest BCUT2D eigenvalue weighted by molar-refractivity contribution is 6.10. The van der Waals surface area contributed by atoms with Crippen LogP contribution in [0.4, 0.5) is 5.69 Å². The number of hydrogen-bond donors (Lipinski definition) is 0. The number of anilines is 1. The lowest BCUT2D eigenvalue weighted by molar-refractivity contribution is -0.120. The van der Waals surface area contributed by atoms with Gasteiger partial charge in [0.15, 0.2) is 0 Å². The average molecular weight is 274 g/mol. The number of carbonyl (C=O) groups excluding carboxylic acids is 1. The first kappa shape index (κ1) is 12.2. The van der Waals surface area contributed by atoms with E-state index < -0.39 is 5.41 Å². The highest BCUT2D eigenvalue weighted by atomic mass is 16.2. The maximum atomic E-state index is 12.9. The minimum atomic E-state index is -0.569. The fraction of sp³-hybridized carbons (Fsp3) is 0.222. The Labute approximate surface area is 123 Å². The Kier molecular flexibility index (Phi) is 2.43. The number of amides is 1. The molecule has 3 nitrogen and oxygen atoms in total. The Balaban J connectivity index is 1.77. The molecule has 1 aliphatic heterocycles. The lowest BCUT2D eigenvalue weighted by Gasteiger charge is -2.18. The van der Waals surface area contributed by atoms with Crippen molar-refractivity contribution >= 4 is 11.6 Å². The normalized spacial score (nSPS) is 25.8. The molecule has 0 aromatic heterocycles. The van der Waals surface area contributed by atoms with Crippen molar-refractivity contribution in [1.82, 2.24) is 0 Å². The molecule has 4 rings (SSSR count). The Morgan fingerprint density at radius 3 is 2.57 bits per heavy atom. The zero-order valence-corrected chi connectivity index (χ0v) is 11.5. The van der Waals surface area contributed by atoms with Crippen molar-refractivity contribution in [3.63, 3.8) is 0 Å². The number of rotatable bonds is 2. The van der Waals surface area contributed by atoms with E-state index in [1.54, 1.807) is 0 Å². The highest BCUT2D eigenvalue weighted by Crippen LogP contribution is 2.61. The van der Waals surface area contributed by atoms with Gasteiger partial charge in [0, 0.05) is 5.69 Å². The topological polar surface area (TPSA) is 44.1 Å². The fourth-order valence-corrected chi connectivity index (χ4v) is 3.43. The van der Waals surface area contributed by atoms with Crippen molar-refractivity contribution in [1.29, 1.82) is 5.26 Å². The van der Waals surface area contributed by atoms with E-state index in [0.717, 1.165) is 16.8 Å². The Morgan fingerprint density at radius 2 is 1.86 bits per heavy atom. The van der Waals surface area contributed by atoms with E-state index in [-0.39, 0.29) is 11.8 Å². The first-order chi connectivity index (χ1) is 10.3. The van der Waals surface area contributed by atoms with Gasteiger partial charge in [0.1, 0.15) is 0 Å². The molecule has 2 aromatic carbocycles. The van der Waals surface area contributed by atoms with Gasteiger partial charge in [-0.25, -0.2) is 0 Å². The number of carbonyl (C=O) groups is 1. The van der Waals surface area contributed by atoms with Gasteiger partial charge in [-0.3, -0.25) is 4.79 Å². The van der Waals surface area contributed by atoms with Crippen LogP contribution in [-0.2, 0) is 16.8 Å². The van der Waals surface area contributed by atoms with Gasteiger partial charge in [0.2, 0.25) is 5.91 Å². The molecular weight excluding hydrogens is 260 g/mol. The number of fused-ring (bicyclic) bond motifs is 2. The number of benzene rings is 2. The second-order valence-electron chi connectivity index (χ2n) is 5.75. The molecule has 1 aliphatic carbocycles. The van der Waals surface area contributed by atoms with Gasteiger partial charge in [0.25, 0.3) is 0 Å². The van der Waals surface area contributed by atoms with Crippen molar-refractivity contribution in [2.75, 3.05) is 4.90 Å². The summed E-state index contributed by atoms with van der Waals surface area (Å²) in [5.41, 5.74) is 2.52. The second-order valence-corrected chi connectivity index (χ2v) is 5.75. The zero-order chi connectivity index (χ0) is 14.4. The van der Waals surface area contributed by atoms with E-state index in [2.05, 4.69) is 6.07 Å². The number of hydrogen-bond acceptors (Lipinski definition) is 2. The summed E-state index contributed by atoms with van der Waals surface area (Å²) in [5.74, 6) is -0.0916. The Morgan fingerprint density at radius 1 is 1.14 bits per heavy atom. The van der Waals surface area contributed by atoms with Crippen LogP contribution < -0.4 is 4.90 Å². The molecule has 1 saturated carbocycles. The molecule has 2 atom stereocenters. The molecule has 0 N–H and O–H groups in total. The van der Waals surface area contributed by atoms with E-state index >= 15 is 0 Å². The van der Waals surface area contributed by atoms with Crippen LogP contribution in [0.25, 0.3) is 0 Å². The van der Waals surface area contributed by atoms with Crippen LogP contribution >= 0.6 is 0 Å². The van der Waals surface area contributed by atoms with Gasteiger partial charge in [-0.2, -0.15) is 5.26 Å². The quantitative estimate of drug-likeness (QED) is 0.845. The average Bonchev–Trinajstić information content (AvgIpc) is 3.24. The minimum absolute atomic E-state index is 0.0825. The smallest absolute Gasteiger partial charge is 0.239 e. The summed E-state index contributed by atoms with van der Waals surface area (Å²) < 4.78 is 0. The minimum Gasteiger partial charge on any atom is -0.307 e. The summed E-state index contributed by atoms with van der Waals surface area (Å²) in [6, 6.07) is 20.1. The molecule has 0 bridgehead atoms. The molecule has 3 heteroatoms. The summed E-state index contributed by atoms with van der Waals surface area (Å²) >= 11 is 0. The van der Waals surface area contributed by atoms with Crippen LogP contribution in [0, 0.1) is 17.2 Å². The lowest BCUT2D eigenvalue weighted by atomic mass is 9.95. The summed E-state index contributed by atoms with van der Waals surface area (Å²) in [7, 11) is 0. The van der Waals surface area contributed by atoms with E-state index in [4.69, 9.17) is 0 Å². The van der Waals surface area contributed by atoms with Crippen LogP contribution in [0.1, 0.15) is 17.5 Å².